The largest absolute Gasteiger partial charge is 0.382 e. The first-order valence-corrected chi connectivity index (χ1v) is 9.23. The minimum atomic E-state index is -0.615. The normalized spacial score (nSPS) is 16.4. The number of piperazine rings is 1. The topological polar surface area (TPSA) is 63.5 Å². The lowest BCUT2D eigenvalue weighted by molar-refractivity contribution is -0.145. The Kier molecular flexibility index (Phi) is 5.02. The van der Waals surface area contributed by atoms with E-state index >= 15 is 0 Å². The van der Waals surface area contributed by atoms with Crippen LogP contribution < -0.4 is 4.84 Å². The van der Waals surface area contributed by atoms with E-state index in [-0.39, 0.29) is 5.91 Å². The summed E-state index contributed by atoms with van der Waals surface area (Å²) in [6.45, 7) is 5.81. The fraction of sp³-hybridized carbons (Fsp3) is 0.350. The van der Waals surface area contributed by atoms with E-state index in [1.165, 1.54) is 10.4 Å². The number of hydrogen-bond acceptors (Lipinski definition) is 5. The molecule has 7 nitrogen and oxygen atoms in total. The Hall–Kier alpha value is -2.93. The Morgan fingerprint density at radius 1 is 1.04 bits per heavy atom. The highest BCUT2D eigenvalue weighted by molar-refractivity contribution is 5.81. The van der Waals surface area contributed by atoms with Gasteiger partial charge in [-0.3, -0.25) is 9.69 Å². The molecule has 2 heterocycles. The Morgan fingerprint density at radius 3 is 2.52 bits per heavy atom. The zero-order valence-electron chi connectivity index (χ0n) is 15.4. The molecule has 1 amide bonds. The molecule has 0 saturated carbocycles. The predicted molar refractivity (Wildman–Crippen MR) is 102 cm³/mol. The van der Waals surface area contributed by atoms with Crippen LogP contribution in [0.25, 0.3) is 11.0 Å². The van der Waals surface area contributed by atoms with Crippen molar-refractivity contribution in [2.75, 3.05) is 26.2 Å². The summed E-state index contributed by atoms with van der Waals surface area (Å²) in [6.07, 6.45) is -0.615. The maximum absolute atomic E-state index is 12.7. The fourth-order valence-electron chi connectivity index (χ4n) is 3.35. The second-order valence-electron chi connectivity index (χ2n) is 6.79. The molecule has 4 rings (SSSR count). The minimum Gasteiger partial charge on any atom is -0.382 e. The summed E-state index contributed by atoms with van der Waals surface area (Å²) in [6, 6.07) is 17.9. The van der Waals surface area contributed by atoms with Crippen LogP contribution in [0.2, 0.25) is 0 Å². The summed E-state index contributed by atoms with van der Waals surface area (Å²) < 4.78 is 0. The van der Waals surface area contributed by atoms with Gasteiger partial charge in [0, 0.05) is 32.7 Å². The third kappa shape index (κ3) is 3.93. The molecule has 0 bridgehead atoms. The molecule has 0 unspecified atom stereocenters. The minimum absolute atomic E-state index is 0.0195. The van der Waals surface area contributed by atoms with Crippen LogP contribution in [0.1, 0.15) is 12.5 Å². The third-order valence-corrected chi connectivity index (χ3v) is 4.86. The van der Waals surface area contributed by atoms with Crippen LogP contribution in [0.4, 0.5) is 0 Å². The van der Waals surface area contributed by atoms with Crippen LogP contribution in [-0.4, -0.2) is 63.1 Å². The number of aromatic nitrogens is 3. The highest BCUT2D eigenvalue weighted by Crippen LogP contribution is 2.11. The summed E-state index contributed by atoms with van der Waals surface area (Å²) in [5.41, 5.74) is 2.79. The van der Waals surface area contributed by atoms with Crippen LogP contribution in [0, 0.1) is 0 Å². The van der Waals surface area contributed by atoms with Gasteiger partial charge in [-0.25, -0.2) is 0 Å². The first kappa shape index (κ1) is 17.5. The molecule has 7 heteroatoms. The molecule has 0 spiro atoms. The second kappa shape index (κ2) is 7.75. The molecule has 1 aromatic heterocycles. The molecule has 1 fully saturated rings. The molecule has 140 valence electrons. The summed E-state index contributed by atoms with van der Waals surface area (Å²) in [4.78, 5) is 24.1. The van der Waals surface area contributed by atoms with Crippen LogP contribution in [0.5, 0.6) is 0 Å². The van der Waals surface area contributed by atoms with Gasteiger partial charge in [0.2, 0.25) is 6.10 Å². The lowest BCUT2D eigenvalue weighted by atomic mass is 10.2. The van der Waals surface area contributed by atoms with E-state index < -0.39 is 6.10 Å². The van der Waals surface area contributed by atoms with E-state index in [2.05, 4.69) is 39.5 Å². The molecule has 1 aliphatic rings. The maximum Gasteiger partial charge on any atom is 0.266 e. The molecule has 0 N–H and O–H groups in total. The van der Waals surface area contributed by atoms with Gasteiger partial charge in [-0.2, -0.15) is 0 Å². The molecule has 2 aromatic carbocycles. The highest BCUT2D eigenvalue weighted by atomic mass is 16.7. The SMILES string of the molecule is C[C@H](On1nnc2ccccc21)C(=O)N1CCN(Cc2ccccc2)CC1. The van der Waals surface area contributed by atoms with Crippen LogP contribution in [0.15, 0.2) is 54.6 Å². The zero-order valence-corrected chi connectivity index (χ0v) is 15.4. The van der Waals surface area contributed by atoms with Gasteiger partial charge in [-0.1, -0.05) is 47.3 Å². The number of carbonyl (C=O) groups excluding carboxylic acids is 1. The summed E-state index contributed by atoms with van der Waals surface area (Å²) >= 11 is 0. The van der Waals surface area contributed by atoms with Crippen molar-refractivity contribution < 1.29 is 9.63 Å². The first-order chi connectivity index (χ1) is 13.2. The number of nitrogens with zero attached hydrogens (tertiary/aromatic N) is 5. The number of fused-ring (bicyclic) bond motifs is 1. The summed E-state index contributed by atoms with van der Waals surface area (Å²) in [7, 11) is 0. The lowest BCUT2D eigenvalue weighted by Crippen LogP contribution is -2.52. The van der Waals surface area contributed by atoms with Gasteiger partial charge in [-0.15, -0.1) is 5.10 Å². The Bertz CT molecular complexity index is 903. The smallest absolute Gasteiger partial charge is 0.266 e. The first-order valence-electron chi connectivity index (χ1n) is 9.23. The van der Waals surface area contributed by atoms with Gasteiger partial charge >= 0.3 is 0 Å². The maximum atomic E-state index is 12.7. The molecule has 27 heavy (non-hydrogen) atoms. The van der Waals surface area contributed by atoms with Gasteiger partial charge in [0.15, 0.2) is 0 Å². The molecule has 0 radical (unpaired) electrons. The Balaban J connectivity index is 1.32. The molecule has 1 saturated heterocycles. The van der Waals surface area contributed by atoms with Crippen LogP contribution in [-0.2, 0) is 11.3 Å². The quantitative estimate of drug-likeness (QED) is 0.687. The van der Waals surface area contributed by atoms with Crippen molar-refractivity contribution in [1.29, 1.82) is 0 Å². The lowest BCUT2D eigenvalue weighted by Gasteiger charge is -2.35. The predicted octanol–water partition coefficient (Wildman–Crippen LogP) is 1.59. The molecular formula is C20H23N5O2. The standard InChI is InChI=1S/C20H23N5O2/c1-16(27-25-19-10-6-5-9-18(19)21-22-25)20(26)24-13-11-23(12-14-24)15-17-7-3-2-4-8-17/h2-10,16H,11-15H2,1H3/t16-/m0/s1. The van der Waals surface area contributed by atoms with E-state index in [4.69, 9.17) is 4.84 Å². The van der Waals surface area contributed by atoms with E-state index in [1.807, 2.05) is 35.2 Å². The number of carbonyl (C=O) groups is 1. The van der Waals surface area contributed by atoms with Crippen LogP contribution in [0.3, 0.4) is 0 Å². The van der Waals surface area contributed by atoms with Crippen molar-refractivity contribution >= 4 is 16.9 Å². The van der Waals surface area contributed by atoms with Gasteiger partial charge < -0.3 is 9.74 Å². The molecular weight excluding hydrogens is 342 g/mol. The van der Waals surface area contributed by atoms with Gasteiger partial charge in [-0.05, 0) is 29.8 Å². The Labute approximate surface area is 158 Å². The number of rotatable bonds is 5. The van der Waals surface area contributed by atoms with Crippen molar-refractivity contribution in [3.8, 4) is 0 Å². The van der Waals surface area contributed by atoms with Gasteiger partial charge in [0.25, 0.3) is 5.91 Å². The average molecular weight is 365 g/mol. The number of amides is 1. The summed E-state index contributed by atoms with van der Waals surface area (Å²) in [5.74, 6) is -0.0195. The fourth-order valence-corrected chi connectivity index (χ4v) is 3.35. The van der Waals surface area contributed by atoms with E-state index in [9.17, 15) is 4.79 Å². The Morgan fingerprint density at radius 2 is 1.74 bits per heavy atom. The van der Waals surface area contributed by atoms with Crippen molar-refractivity contribution in [3.63, 3.8) is 0 Å². The van der Waals surface area contributed by atoms with Crippen molar-refractivity contribution in [1.82, 2.24) is 25.0 Å². The average Bonchev–Trinajstić information content (AvgIpc) is 3.12. The number of benzene rings is 2. The highest BCUT2D eigenvalue weighted by Gasteiger charge is 2.27. The number of hydrogen-bond donors (Lipinski definition) is 0. The van der Waals surface area contributed by atoms with Crippen molar-refractivity contribution in [2.24, 2.45) is 0 Å². The van der Waals surface area contributed by atoms with Crippen molar-refractivity contribution in [2.45, 2.75) is 19.6 Å². The third-order valence-electron chi connectivity index (χ3n) is 4.86. The van der Waals surface area contributed by atoms with E-state index in [1.54, 1.807) is 6.92 Å². The van der Waals surface area contributed by atoms with E-state index in [0.29, 0.717) is 13.1 Å². The number of para-hydroxylation sites is 1. The monoisotopic (exact) mass is 365 g/mol. The molecule has 1 atom stereocenters. The van der Waals surface area contributed by atoms with Crippen LogP contribution >= 0.6 is 0 Å². The van der Waals surface area contributed by atoms with Gasteiger partial charge in [0.05, 0.1) is 0 Å². The molecule has 0 aliphatic carbocycles. The van der Waals surface area contributed by atoms with E-state index in [0.717, 1.165) is 30.7 Å². The van der Waals surface area contributed by atoms with Crippen molar-refractivity contribution in [3.05, 3.63) is 60.2 Å². The second-order valence-corrected chi connectivity index (χ2v) is 6.79. The molecule has 1 aliphatic heterocycles. The summed E-state index contributed by atoms with van der Waals surface area (Å²) in [5, 5.41) is 8.04. The van der Waals surface area contributed by atoms with Gasteiger partial charge in [0.1, 0.15) is 11.0 Å². The zero-order chi connectivity index (χ0) is 18.6. The molecule has 3 aromatic rings.